The zero-order valence-corrected chi connectivity index (χ0v) is 20.5. The number of aromatic nitrogens is 2. The highest BCUT2D eigenvalue weighted by Crippen LogP contribution is 2.35. The van der Waals surface area contributed by atoms with Crippen LogP contribution in [0.5, 0.6) is 11.5 Å². The molecule has 3 heterocycles. The van der Waals surface area contributed by atoms with Gasteiger partial charge in [-0.15, -0.1) is 0 Å². The summed E-state index contributed by atoms with van der Waals surface area (Å²) in [6, 6.07) is 8.01. The standard InChI is InChI=1S/C25H27ClFN5O4/c1-35-22-9-21-18(24(29-14-28-21)30-17-3-4-20(27)19(26)7-17)8-23(22)36-6-2-5-31-10-15-12-32(25(33)34)13-16(15)11-31/h3-4,7-9,14-16H,2,5-6,10-13H2,1H3,(H,33,34)(H,28,29,30). The van der Waals surface area contributed by atoms with E-state index in [0.717, 1.165) is 31.4 Å². The van der Waals surface area contributed by atoms with Gasteiger partial charge in [0.05, 0.1) is 24.3 Å². The zero-order chi connectivity index (χ0) is 25.2. The molecule has 2 saturated heterocycles. The molecule has 11 heteroatoms. The average molecular weight is 516 g/mol. The number of anilines is 2. The highest BCUT2D eigenvalue weighted by atomic mass is 35.5. The minimum atomic E-state index is -0.820. The van der Waals surface area contributed by atoms with Crippen LogP contribution in [0.4, 0.5) is 20.7 Å². The fraction of sp³-hybridized carbons (Fsp3) is 0.400. The van der Waals surface area contributed by atoms with E-state index >= 15 is 0 Å². The molecule has 2 atom stereocenters. The third kappa shape index (κ3) is 5.10. The molecule has 2 unspecified atom stereocenters. The van der Waals surface area contributed by atoms with Crippen molar-refractivity contribution < 1.29 is 23.8 Å². The summed E-state index contributed by atoms with van der Waals surface area (Å²) in [5, 5.41) is 13.1. The topological polar surface area (TPSA) is 100 Å². The number of methoxy groups -OCH3 is 1. The van der Waals surface area contributed by atoms with Gasteiger partial charge in [0.15, 0.2) is 11.5 Å². The number of benzene rings is 2. The summed E-state index contributed by atoms with van der Waals surface area (Å²) in [6.45, 7) is 4.49. The molecule has 2 fully saturated rings. The predicted octanol–water partition coefficient (Wildman–Crippen LogP) is 4.49. The van der Waals surface area contributed by atoms with Crippen molar-refractivity contribution in [3.63, 3.8) is 0 Å². The monoisotopic (exact) mass is 515 g/mol. The number of fused-ring (bicyclic) bond motifs is 2. The Kier molecular flexibility index (Phi) is 6.97. The summed E-state index contributed by atoms with van der Waals surface area (Å²) >= 11 is 5.91. The third-order valence-electron chi connectivity index (χ3n) is 6.81. The Labute approximate surface area is 212 Å². The molecule has 190 valence electrons. The van der Waals surface area contributed by atoms with Crippen LogP contribution >= 0.6 is 11.6 Å². The number of likely N-dealkylation sites (tertiary alicyclic amines) is 2. The lowest BCUT2D eigenvalue weighted by atomic mass is 10.0. The van der Waals surface area contributed by atoms with Crippen LogP contribution in [-0.2, 0) is 0 Å². The fourth-order valence-electron chi connectivity index (χ4n) is 5.05. The lowest BCUT2D eigenvalue weighted by Crippen LogP contribution is -2.32. The molecule has 3 aromatic rings. The van der Waals surface area contributed by atoms with Crippen LogP contribution in [0.3, 0.4) is 0 Å². The summed E-state index contributed by atoms with van der Waals surface area (Å²) in [5.41, 5.74) is 1.27. The Bertz CT molecular complexity index is 1260. The Morgan fingerprint density at radius 1 is 1.17 bits per heavy atom. The first-order valence-corrected chi connectivity index (χ1v) is 12.2. The molecule has 2 N–H and O–H groups in total. The van der Waals surface area contributed by atoms with Gasteiger partial charge in [-0.25, -0.2) is 19.2 Å². The van der Waals surface area contributed by atoms with E-state index in [4.69, 9.17) is 21.1 Å². The van der Waals surface area contributed by atoms with Crippen LogP contribution in [-0.4, -0.2) is 77.4 Å². The van der Waals surface area contributed by atoms with Gasteiger partial charge >= 0.3 is 6.09 Å². The van der Waals surface area contributed by atoms with E-state index in [1.54, 1.807) is 19.2 Å². The van der Waals surface area contributed by atoms with Gasteiger partial charge in [-0.05, 0) is 42.5 Å². The van der Waals surface area contributed by atoms with Crippen molar-refractivity contribution in [3.05, 3.63) is 47.5 Å². The number of halogens is 2. The lowest BCUT2D eigenvalue weighted by Gasteiger charge is -2.20. The molecule has 0 radical (unpaired) electrons. The van der Waals surface area contributed by atoms with Crippen molar-refractivity contribution >= 4 is 40.1 Å². The zero-order valence-electron chi connectivity index (χ0n) is 19.8. The minimum Gasteiger partial charge on any atom is -0.493 e. The van der Waals surface area contributed by atoms with Crippen LogP contribution in [0.2, 0.25) is 5.02 Å². The van der Waals surface area contributed by atoms with Crippen molar-refractivity contribution in [3.8, 4) is 11.5 Å². The number of hydrogen-bond donors (Lipinski definition) is 2. The molecule has 0 saturated carbocycles. The number of carbonyl (C=O) groups is 1. The molecule has 36 heavy (non-hydrogen) atoms. The molecule has 0 bridgehead atoms. The first-order valence-electron chi connectivity index (χ1n) is 11.8. The van der Waals surface area contributed by atoms with Crippen LogP contribution in [0.1, 0.15) is 6.42 Å². The summed E-state index contributed by atoms with van der Waals surface area (Å²) in [6.07, 6.45) is 1.45. The molecular formula is C25H27ClFN5O4. The number of carboxylic acid groups (broad SMARTS) is 1. The van der Waals surface area contributed by atoms with Crippen LogP contribution in [0, 0.1) is 17.7 Å². The molecular weight excluding hydrogens is 489 g/mol. The van der Waals surface area contributed by atoms with E-state index in [9.17, 15) is 14.3 Å². The van der Waals surface area contributed by atoms with Gasteiger partial charge in [0.2, 0.25) is 0 Å². The maximum absolute atomic E-state index is 13.5. The molecule has 9 nitrogen and oxygen atoms in total. The Morgan fingerprint density at radius 3 is 2.64 bits per heavy atom. The van der Waals surface area contributed by atoms with Gasteiger partial charge < -0.3 is 29.7 Å². The first kappa shape index (κ1) is 24.3. The summed E-state index contributed by atoms with van der Waals surface area (Å²) in [7, 11) is 1.58. The second-order valence-electron chi connectivity index (χ2n) is 9.17. The van der Waals surface area contributed by atoms with Crippen LogP contribution < -0.4 is 14.8 Å². The van der Waals surface area contributed by atoms with E-state index in [1.807, 2.05) is 6.07 Å². The highest BCUT2D eigenvalue weighted by molar-refractivity contribution is 6.31. The van der Waals surface area contributed by atoms with Gasteiger partial charge in [-0.2, -0.15) is 0 Å². The quantitative estimate of drug-likeness (QED) is 0.423. The molecule has 2 aliphatic heterocycles. The minimum absolute atomic E-state index is 0.0184. The van der Waals surface area contributed by atoms with Crippen molar-refractivity contribution in [2.75, 3.05) is 51.8 Å². The number of rotatable bonds is 8. The molecule has 0 spiro atoms. The summed E-state index contributed by atoms with van der Waals surface area (Å²) in [5.74, 6) is 2.04. The second-order valence-corrected chi connectivity index (χ2v) is 9.57. The maximum Gasteiger partial charge on any atom is 0.407 e. The molecule has 1 aromatic heterocycles. The maximum atomic E-state index is 13.5. The van der Waals surface area contributed by atoms with Gasteiger partial charge in [-0.3, -0.25) is 0 Å². The summed E-state index contributed by atoms with van der Waals surface area (Å²) < 4.78 is 25.1. The van der Waals surface area contributed by atoms with E-state index in [2.05, 4.69) is 20.2 Å². The smallest absolute Gasteiger partial charge is 0.407 e. The highest BCUT2D eigenvalue weighted by Gasteiger charge is 2.41. The van der Waals surface area contributed by atoms with Gasteiger partial charge in [0, 0.05) is 49.9 Å². The second kappa shape index (κ2) is 10.3. The Hall–Kier alpha value is -3.37. The van der Waals surface area contributed by atoms with Crippen molar-refractivity contribution in [1.82, 2.24) is 19.8 Å². The van der Waals surface area contributed by atoms with Gasteiger partial charge in [-0.1, -0.05) is 11.6 Å². The molecule has 1 amide bonds. The average Bonchev–Trinajstić information content (AvgIpc) is 3.43. The van der Waals surface area contributed by atoms with E-state index in [0.29, 0.717) is 60.1 Å². The van der Waals surface area contributed by atoms with Crippen molar-refractivity contribution in [2.45, 2.75) is 6.42 Å². The number of amides is 1. The third-order valence-corrected chi connectivity index (χ3v) is 7.10. The van der Waals surface area contributed by atoms with Crippen LogP contribution in [0.25, 0.3) is 10.9 Å². The molecule has 2 aliphatic rings. The number of nitrogens with one attached hydrogen (secondary N) is 1. The number of ether oxygens (including phenoxy) is 2. The largest absolute Gasteiger partial charge is 0.493 e. The van der Waals surface area contributed by atoms with Gasteiger partial charge in [0.25, 0.3) is 0 Å². The van der Waals surface area contributed by atoms with Gasteiger partial charge in [0.1, 0.15) is 18.0 Å². The normalized spacial score (nSPS) is 19.5. The predicted molar refractivity (Wildman–Crippen MR) is 134 cm³/mol. The van der Waals surface area contributed by atoms with Crippen LogP contribution in [0.15, 0.2) is 36.7 Å². The van der Waals surface area contributed by atoms with Crippen molar-refractivity contribution in [1.29, 1.82) is 0 Å². The van der Waals surface area contributed by atoms with E-state index in [-0.39, 0.29) is 5.02 Å². The van der Waals surface area contributed by atoms with Crippen molar-refractivity contribution in [2.24, 2.45) is 11.8 Å². The molecule has 2 aromatic carbocycles. The summed E-state index contributed by atoms with van der Waals surface area (Å²) in [4.78, 5) is 23.8. The SMILES string of the molecule is COc1cc2ncnc(Nc3ccc(F)c(Cl)c3)c2cc1OCCCN1CC2CN(C(=O)O)CC2C1. The number of nitrogens with zero attached hydrogens (tertiary/aromatic N) is 4. The lowest BCUT2D eigenvalue weighted by molar-refractivity contribution is 0.148. The molecule has 5 rings (SSSR count). The fourth-order valence-corrected chi connectivity index (χ4v) is 5.23. The number of hydrogen-bond acceptors (Lipinski definition) is 7. The first-order chi connectivity index (χ1) is 17.4. The Morgan fingerprint density at radius 2 is 1.94 bits per heavy atom. The Balaban J connectivity index is 1.22. The van der Waals surface area contributed by atoms with E-state index in [1.165, 1.54) is 23.4 Å². The molecule has 0 aliphatic carbocycles. The van der Waals surface area contributed by atoms with E-state index < -0.39 is 11.9 Å².